The van der Waals surface area contributed by atoms with Crippen molar-refractivity contribution in [1.29, 1.82) is 0 Å². The molecule has 0 heteroatoms. The van der Waals surface area contributed by atoms with E-state index in [1.165, 1.54) is 33.4 Å². The van der Waals surface area contributed by atoms with Gasteiger partial charge < -0.3 is 0 Å². The molecule has 0 N–H and O–H groups in total. The van der Waals surface area contributed by atoms with E-state index in [-0.39, 0.29) is 10.8 Å². The monoisotopic (exact) mass is 341 g/mol. The van der Waals surface area contributed by atoms with Crippen LogP contribution in [0.2, 0.25) is 0 Å². The van der Waals surface area contributed by atoms with Crippen LogP contribution in [0.25, 0.3) is 22.3 Å². The maximum Gasteiger partial charge on any atom is -0.00931 e. The molecular weight excluding hydrogens is 312 g/mol. The molecule has 26 heavy (non-hydrogen) atoms. The lowest BCUT2D eigenvalue weighted by atomic mass is 9.74. The number of hydrogen-bond donors (Lipinski definition) is 0. The third-order valence-electron chi connectivity index (χ3n) is 4.86. The van der Waals surface area contributed by atoms with Crippen LogP contribution in [0.5, 0.6) is 0 Å². The van der Waals surface area contributed by atoms with Crippen LogP contribution in [-0.2, 0) is 10.8 Å². The lowest BCUT2D eigenvalue weighted by molar-refractivity contribution is 0.572. The van der Waals surface area contributed by atoms with Gasteiger partial charge in [-0.05, 0) is 56.3 Å². The summed E-state index contributed by atoms with van der Waals surface area (Å²) in [5, 5.41) is 0. The van der Waals surface area contributed by atoms with E-state index in [4.69, 9.17) is 0 Å². The molecule has 0 aliphatic rings. The topological polar surface area (TPSA) is 0 Å². The SMILES string of the molecule is CC(C)(C)c1cccc(C(C)(C)C)c1-c1[c]ccc(-c2ccccc2)c1. The summed E-state index contributed by atoms with van der Waals surface area (Å²) in [7, 11) is 0. The molecule has 0 saturated heterocycles. The second-order valence-corrected chi connectivity index (χ2v) is 9.09. The van der Waals surface area contributed by atoms with E-state index in [1.54, 1.807) is 0 Å². The van der Waals surface area contributed by atoms with E-state index in [1.807, 2.05) is 0 Å². The fraction of sp³-hybridized carbons (Fsp3) is 0.308. The van der Waals surface area contributed by atoms with E-state index in [0.29, 0.717) is 0 Å². The second-order valence-electron chi connectivity index (χ2n) is 9.09. The van der Waals surface area contributed by atoms with E-state index in [0.717, 1.165) is 0 Å². The van der Waals surface area contributed by atoms with Crippen LogP contribution < -0.4 is 0 Å². The van der Waals surface area contributed by atoms with Crippen molar-refractivity contribution in [2.45, 2.75) is 52.4 Å². The third kappa shape index (κ3) is 3.75. The van der Waals surface area contributed by atoms with Crippen molar-refractivity contribution in [3.05, 3.63) is 83.9 Å². The van der Waals surface area contributed by atoms with Crippen molar-refractivity contribution in [1.82, 2.24) is 0 Å². The van der Waals surface area contributed by atoms with Crippen molar-refractivity contribution < 1.29 is 0 Å². The highest BCUT2D eigenvalue weighted by atomic mass is 14.3. The molecule has 0 aromatic heterocycles. The minimum atomic E-state index is 0.0766. The first-order valence-electron chi connectivity index (χ1n) is 9.39. The molecule has 3 rings (SSSR count). The summed E-state index contributed by atoms with van der Waals surface area (Å²) in [5.41, 5.74) is 7.92. The van der Waals surface area contributed by atoms with Gasteiger partial charge in [0.1, 0.15) is 0 Å². The zero-order chi connectivity index (χ0) is 18.9. The van der Waals surface area contributed by atoms with Crippen molar-refractivity contribution in [3.63, 3.8) is 0 Å². The first-order chi connectivity index (χ1) is 12.2. The van der Waals surface area contributed by atoms with E-state index < -0.39 is 0 Å². The predicted molar refractivity (Wildman–Crippen MR) is 114 cm³/mol. The third-order valence-corrected chi connectivity index (χ3v) is 4.86. The lowest BCUT2D eigenvalue weighted by Crippen LogP contribution is -2.19. The van der Waals surface area contributed by atoms with Crippen LogP contribution in [0.1, 0.15) is 52.7 Å². The molecule has 0 atom stereocenters. The summed E-state index contributed by atoms with van der Waals surface area (Å²) < 4.78 is 0. The van der Waals surface area contributed by atoms with Gasteiger partial charge in [0.2, 0.25) is 0 Å². The Hall–Kier alpha value is -2.34. The summed E-state index contributed by atoms with van der Waals surface area (Å²) >= 11 is 0. The minimum Gasteiger partial charge on any atom is -0.0622 e. The van der Waals surface area contributed by atoms with Gasteiger partial charge in [0.25, 0.3) is 0 Å². The van der Waals surface area contributed by atoms with Gasteiger partial charge in [-0.2, -0.15) is 0 Å². The van der Waals surface area contributed by atoms with Gasteiger partial charge in [-0.3, -0.25) is 0 Å². The quantitative estimate of drug-likeness (QED) is 0.455. The van der Waals surface area contributed by atoms with Gasteiger partial charge in [0.05, 0.1) is 0 Å². The fourth-order valence-corrected chi connectivity index (χ4v) is 3.51. The molecule has 0 aliphatic carbocycles. The van der Waals surface area contributed by atoms with Crippen molar-refractivity contribution in [3.8, 4) is 22.3 Å². The molecule has 0 spiro atoms. The Morgan fingerprint density at radius 2 is 1.19 bits per heavy atom. The standard InChI is InChI=1S/C26H29/c1-25(2,3)22-16-11-17-23(26(4,5)6)24(22)21-15-10-14-20(18-21)19-12-8-7-9-13-19/h7-14,16-18H,1-6H3. The number of benzene rings is 3. The highest BCUT2D eigenvalue weighted by molar-refractivity contribution is 5.78. The van der Waals surface area contributed by atoms with Crippen LogP contribution >= 0.6 is 0 Å². The summed E-state index contributed by atoms with van der Waals surface area (Å²) in [6, 6.07) is 27.3. The van der Waals surface area contributed by atoms with Crippen LogP contribution in [0.4, 0.5) is 0 Å². The molecule has 1 radical (unpaired) electrons. The predicted octanol–water partition coefficient (Wildman–Crippen LogP) is 7.42. The molecule has 133 valence electrons. The highest BCUT2D eigenvalue weighted by Gasteiger charge is 2.26. The van der Waals surface area contributed by atoms with Crippen LogP contribution in [0.3, 0.4) is 0 Å². The Kier molecular flexibility index (Phi) is 4.80. The van der Waals surface area contributed by atoms with Gasteiger partial charge >= 0.3 is 0 Å². The number of rotatable bonds is 2. The van der Waals surface area contributed by atoms with Gasteiger partial charge in [0, 0.05) is 0 Å². The average molecular weight is 342 g/mol. The summed E-state index contributed by atoms with van der Waals surface area (Å²) in [5.74, 6) is 0. The Balaban J connectivity index is 2.27. The van der Waals surface area contributed by atoms with Gasteiger partial charge in [0.15, 0.2) is 0 Å². The van der Waals surface area contributed by atoms with E-state index in [2.05, 4.69) is 114 Å². The van der Waals surface area contributed by atoms with Crippen molar-refractivity contribution in [2.24, 2.45) is 0 Å². The second kappa shape index (κ2) is 6.76. The normalized spacial score (nSPS) is 12.2. The minimum absolute atomic E-state index is 0.0766. The summed E-state index contributed by atoms with van der Waals surface area (Å²) in [6.07, 6.45) is 0. The summed E-state index contributed by atoms with van der Waals surface area (Å²) in [6.45, 7) is 13.7. The van der Waals surface area contributed by atoms with Crippen molar-refractivity contribution in [2.75, 3.05) is 0 Å². The van der Waals surface area contributed by atoms with Gasteiger partial charge in [-0.25, -0.2) is 0 Å². The molecule has 3 aromatic carbocycles. The zero-order valence-electron chi connectivity index (χ0n) is 16.9. The first-order valence-corrected chi connectivity index (χ1v) is 9.39. The largest absolute Gasteiger partial charge is 0.0622 e. The van der Waals surface area contributed by atoms with Crippen LogP contribution in [-0.4, -0.2) is 0 Å². The maximum absolute atomic E-state index is 3.52. The van der Waals surface area contributed by atoms with Crippen LogP contribution in [0.15, 0.2) is 66.7 Å². The first kappa shape index (κ1) is 18.5. The van der Waals surface area contributed by atoms with Crippen LogP contribution in [0, 0.1) is 6.07 Å². The van der Waals surface area contributed by atoms with E-state index >= 15 is 0 Å². The molecule has 3 aromatic rings. The maximum atomic E-state index is 3.52. The molecule has 0 unspecified atom stereocenters. The Morgan fingerprint density at radius 1 is 0.615 bits per heavy atom. The molecule has 0 amide bonds. The molecule has 0 aliphatic heterocycles. The number of hydrogen-bond acceptors (Lipinski definition) is 0. The lowest BCUT2D eigenvalue weighted by Gasteiger charge is -2.30. The van der Waals surface area contributed by atoms with Gasteiger partial charge in [-0.1, -0.05) is 102 Å². The molecular formula is C26H29. The molecule has 0 bridgehead atoms. The fourth-order valence-electron chi connectivity index (χ4n) is 3.51. The van der Waals surface area contributed by atoms with Crippen molar-refractivity contribution >= 4 is 0 Å². The molecule has 0 nitrogen and oxygen atoms in total. The molecule has 0 fully saturated rings. The van der Waals surface area contributed by atoms with Gasteiger partial charge in [-0.15, -0.1) is 0 Å². The smallest absolute Gasteiger partial charge is 0.00931 e. The van der Waals surface area contributed by atoms with E-state index in [9.17, 15) is 0 Å². The molecule has 0 heterocycles. The zero-order valence-corrected chi connectivity index (χ0v) is 16.9. The Labute approximate surface area is 158 Å². The summed E-state index contributed by atoms with van der Waals surface area (Å²) in [4.78, 5) is 0. The highest BCUT2D eigenvalue weighted by Crippen LogP contribution is 2.41. The Morgan fingerprint density at radius 3 is 1.73 bits per heavy atom. The average Bonchev–Trinajstić information content (AvgIpc) is 2.60. The molecule has 0 saturated carbocycles. The Bertz CT molecular complexity index is 855.